The number of furan rings is 1. The van der Waals surface area contributed by atoms with Crippen molar-refractivity contribution in [3.63, 3.8) is 0 Å². The fraction of sp³-hybridized carbons (Fsp3) is 0.692. The molecule has 0 fully saturated rings. The van der Waals surface area contributed by atoms with E-state index in [9.17, 15) is 0 Å². The van der Waals surface area contributed by atoms with Gasteiger partial charge < -0.3 is 14.9 Å². The van der Waals surface area contributed by atoms with Gasteiger partial charge in [0.15, 0.2) is 0 Å². The second-order valence-corrected chi connectivity index (χ2v) is 4.64. The quantitative estimate of drug-likeness (QED) is 0.792. The van der Waals surface area contributed by atoms with Gasteiger partial charge in [-0.05, 0) is 32.9 Å². The first-order valence-corrected chi connectivity index (χ1v) is 6.11. The standard InChI is InChI=1S/C13H24N2O2/c1-10(2)15(7-9-16-4)13(11(3)14)12-6-5-8-17-12/h5-6,8,10-11,13H,7,9,14H2,1-4H3. The molecule has 1 heterocycles. The monoisotopic (exact) mass is 240 g/mol. The Morgan fingerprint density at radius 1 is 1.41 bits per heavy atom. The average molecular weight is 240 g/mol. The summed E-state index contributed by atoms with van der Waals surface area (Å²) in [6.45, 7) is 7.88. The van der Waals surface area contributed by atoms with Crippen LogP contribution in [0.4, 0.5) is 0 Å². The van der Waals surface area contributed by atoms with Gasteiger partial charge in [0.2, 0.25) is 0 Å². The maximum absolute atomic E-state index is 6.10. The van der Waals surface area contributed by atoms with Crippen LogP contribution >= 0.6 is 0 Å². The van der Waals surface area contributed by atoms with Gasteiger partial charge in [0, 0.05) is 25.7 Å². The molecule has 98 valence electrons. The van der Waals surface area contributed by atoms with Gasteiger partial charge in [0.25, 0.3) is 0 Å². The molecule has 0 radical (unpaired) electrons. The summed E-state index contributed by atoms with van der Waals surface area (Å²) >= 11 is 0. The summed E-state index contributed by atoms with van der Waals surface area (Å²) in [4.78, 5) is 2.31. The normalized spacial score (nSPS) is 15.5. The average Bonchev–Trinajstić information content (AvgIpc) is 2.76. The molecule has 4 nitrogen and oxygen atoms in total. The molecule has 1 aromatic heterocycles. The number of methoxy groups -OCH3 is 1. The van der Waals surface area contributed by atoms with E-state index in [-0.39, 0.29) is 12.1 Å². The highest BCUT2D eigenvalue weighted by atomic mass is 16.5. The molecule has 2 atom stereocenters. The van der Waals surface area contributed by atoms with Crippen molar-refractivity contribution < 1.29 is 9.15 Å². The molecule has 0 aromatic carbocycles. The van der Waals surface area contributed by atoms with Crippen LogP contribution in [0.5, 0.6) is 0 Å². The fourth-order valence-corrected chi connectivity index (χ4v) is 2.10. The molecule has 0 aliphatic heterocycles. The van der Waals surface area contributed by atoms with E-state index in [4.69, 9.17) is 14.9 Å². The maximum atomic E-state index is 6.10. The van der Waals surface area contributed by atoms with E-state index in [0.717, 1.165) is 12.3 Å². The highest BCUT2D eigenvalue weighted by molar-refractivity contribution is 5.07. The molecule has 0 bridgehead atoms. The third kappa shape index (κ3) is 3.84. The van der Waals surface area contributed by atoms with Gasteiger partial charge in [-0.25, -0.2) is 0 Å². The predicted octanol–water partition coefficient (Wildman–Crippen LogP) is 2.02. The third-order valence-corrected chi connectivity index (χ3v) is 2.91. The Balaban J connectivity index is 2.86. The molecule has 2 unspecified atom stereocenters. The molecule has 1 rings (SSSR count). The highest BCUT2D eigenvalue weighted by Crippen LogP contribution is 2.25. The first-order valence-electron chi connectivity index (χ1n) is 6.11. The molecular weight excluding hydrogens is 216 g/mol. The van der Waals surface area contributed by atoms with Crippen LogP contribution in [0.2, 0.25) is 0 Å². The Kier molecular flexibility index (Phi) is 5.68. The summed E-state index contributed by atoms with van der Waals surface area (Å²) in [5.41, 5.74) is 6.10. The van der Waals surface area contributed by atoms with Crippen molar-refractivity contribution >= 4 is 0 Å². The second kappa shape index (κ2) is 6.79. The molecule has 1 aromatic rings. The number of hydrogen-bond donors (Lipinski definition) is 1. The van der Waals surface area contributed by atoms with E-state index in [0.29, 0.717) is 12.6 Å². The Morgan fingerprint density at radius 2 is 2.12 bits per heavy atom. The van der Waals surface area contributed by atoms with E-state index in [1.807, 2.05) is 19.1 Å². The van der Waals surface area contributed by atoms with Crippen LogP contribution in [-0.4, -0.2) is 37.2 Å². The smallest absolute Gasteiger partial charge is 0.122 e. The maximum Gasteiger partial charge on any atom is 0.122 e. The topological polar surface area (TPSA) is 51.6 Å². The van der Waals surface area contributed by atoms with Crippen molar-refractivity contribution in [2.45, 2.75) is 38.9 Å². The number of nitrogens with zero attached hydrogens (tertiary/aromatic N) is 1. The highest BCUT2D eigenvalue weighted by Gasteiger charge is 2.27. The van der Waals surface area contributed by atoms with Crippen LogP contribution in [0.3, 0.4) is 0 Å². The molecular formula is C13H24N2O2. The lowest BCUT2D eigenvalue weighted by Crippen LogP contribution is -2.44. The summed E-state index contributed by atoms with van der Waals surface area (Å²) in [6, 6.07) is 4.39. The molecule has 0 amide bonds. The largest absolute Gasteiger partial charge is 0.468 e. The Labute approximate surface area is 104 Å². The molecule has 17 heavy (non-hydrogen) atoms. The van der Waals surface area contributed by atoms with Gasteiger partial charge >= 0.3 is 0 Å². The number of nitrogens with two attached hydrogens (primary N) is 1. The number of rotatable bonds is 7. The minimum atomic E-state index is 0.0143. The van der Waals surface area contributed by atoms with E-state index < -0.39 is 0 Å². The van der Waals surface area contributed by atoms with Gasteiger partial charge in [-0.15, -0.1) is 0 Å². The van der Waals surface area contributed by atoms with Crippen LogP contribution in [-0.2, 0) is 4.74 Å². The van der Waals surface area contributed by atoms with E-state index in [2.05, 4.69) is 18.7 Å². The molecule has 0 saturated heterocycles. The zero-order valence-electron chi connectivity index (χ0n) is 11.2. The summed E-state index contributed by atoms with van der Waals surface area (Å²) < 4.78 is 10.7. The van der Waals surface area contributed by atoms with Gasteiger partial charge in [0.1, 0.15) is 5.76 Å². The molecule has 0 spiro atoms. The lowest BCUT2D eigenvalue weighted by molar-refractivity contribution is 0.0765. The summed E-state index contributed by atoms with van der Waals surface area (Å²) in [6.07, 6.45) is 1.69. The number of ether oxygens (including phenoxy) is 1. The summed E-state index contributed by atoms with van der Waals surface area (Å²) in [7, 11) is 1.71. The summed E-state index contributed by atoms with van der Waals surface area (Å²) in [5.74, 6) is 0.921. The molecule has 0 aliphatic rings. The first kappa shape index (κ1) is 14.2. The van der Waals surface area contributed by atoms with E-state index in [1.165, 1.54) is 0 Å². The zero-order chi connectivity index (χ0) is 12.8. The Hall–Kier alpha value is -0.840. The van der Waals surface area contributed by atoms with Crippen molar-refractivity contribution in [3.05, 3.63) is 24.2 Å². The molecule has 2 N–H and O–H groups in total. The van der Waals surface area contributed by atoms with E-state index >= 15 is 0 Å². The van der Waals surface area contributed by atoms with E-state index in [1.54, 1.807) is 13.4 Å². The molecule has 0 saturated carbocycles. The molecule has 4 heteroatoms. The van der Waals surface area contributed by atoms with Gasteiger partial charge in [0.05, 0.1) is 18.9 Å². The third-order valence-electron chi connectivity index (χ3n) is 2.91. The predicted molar refractivity (Wildman–Crippen MR) is 68.8 cm³/mol. The van der Waals surface area contributed by atoms with Crippen molar-refractivity contribution in [1.82, 2.24) is 4.90 Å². The minimum Gasteiger partial charge on any atom is -0.468 e. The Bertz CT molecular complexity index is 296. The number of hydrogen-bond acceptors (Lipinski definition) is 4. The van der Waals surface area contributed by atoms with Crippen LogP contribution < -0.4 is 5.73 Å². The lowest BCUT2D eigenvalue weighted by atomic mass is 10.0. The van der Waals surface area contributed by atoms with Crippen LogP contribution in [0.1, 0.15) is 32.6 Å². The Morgan fingerprint density at radius 3 is 2.53 bits per heavy atom. The fourth-order valence-electron chi connectivity index (χ4n) is 2.10. The van der Waals surface area contributed by atoms with Crippen LogP contribution in [0.25, 0.3) is 0 Å². The van der Waals surface area contributed by atoms with Crippen molar-refractivity contribution in [2.24, 2.45) is 5.73 Å². The van der Waals surface area contributed by atoms with Crippen molar-refractivity contribution in [3.8, 4) is 0 Å². The zero-order valence-corrected chi connectivity index (χ0v) is 11.2. The first-order chi connectivity index (χ1) is 8.07. The SMILES string of the molecule is COCCN(C(C)C)C(c1ccco1)C(C)N. The van der Waals surface area contributed by atoms with Crippen molar-refractivity contribution in [1.29, 1.82) is 0 Å². The second-order valence-electron chi connectivity index (χ2n) is 4.64. The minimum absolute atomic E-state index is 0.0143. The summed E-state index contributed by atoms with van der Waals surface area (Å²) in [5, 5.41) is 0. The van der Waals surface area contributed by atoms with Crippen LogP contribution in [0, 0.1) is 0 Å². The van der Waals surface area contributed by atoms with Crippen molar-refractivity contribution in [2.75, 3.05) is 20.3 Å². The molecule has 0 aliphatic carbocycles. The van der Waals surface area contributed by atoms with Gasteiger partial charge in [-0.2, -0.15) is 0 Å². The van der Waals surface area contributed by atoms with Crippen LogP contribution in [0.15, 0.2) is 22.8 Å². The van der Waals surface area contributed by atoms with Gasteiger partial charge in [-0.1, -0.05) is 0 Å². The van der Waals surface area contributed by atoms with Gasteiger partial charge in [-0.3, -0.25) is 4.90 Å². The lowest BCUT2D eigenvalue weighted by Gasteiger charge is -2.35.